The molecule has 0 saturated heterocycles. The van der Waals surface area contributed by atoms with Gasteiger partial charge in [-0.05, 0) is 36.8 Å². The average Bonchev–Trinajstić information content (AvgIpc) is 2.30. The van der Waals surface area contributed by atoms with E-state index in [0.717, 1.165) is 11.3 Å². The summed E-state index contributed by atoms with van der Waals surface area (Å²) in [6.45, 7) is 4.23. The van der Waals surface area contributed by atoms with Crippen LogP contribution in [0.25, 0.3) is 0 Å². The van der Waals surface area contributed by atoms with Crippen LogP contribution in [-0.4, -0.2) is 16.8 Å². The molecule has 16 heavy (non-hydrogen) atoms. The molecule has 0 aliphatic carbocycles. The normalized spacial score (nSPS) is 11.8. The van der Waals surface area contributed by atoms with Gasteiger partial charge < -0.3 is 10.9 Å². The summed E-state index contributed by atoms with van der Waals surface area (Å²) in [5.41, 5.74) is 7.46. The van der Waals surface area contributed by atoms with Crippen LogP contribution in [0.1, 0.15) is 30.9 Å². The topological polar surface area (TPSA) is 58.6 Å². The molecule has 0 radical (unpaired) electrons. The number of amidine groups is 1. The third-order valence-corrected chi connectivity index (χ3v) is 3.60. The maximum absolute atomic E-state index is 8.58. The summed E-state index contributed by atoms with van der Waals surface area (Å²) in [6, 6.07) is 5.86. The second-order valence-electron chi connectivity index (χ2n) is 3.67. The highest BCUT2D eigenvalue weighted by Crippen LogP contribution is 2.24. The molecule has 0 fully saturated rings. The first-order valence-electron chi connectivity index (χ1n) is 5.40. The van der Waals surface area contributed by atoms with Crippen molar-refractivity contribution in [2.75, 3.05) is 5.75 Å². The second-order valence-corrected chi connectivity index (χ2v) is 4.80. The van der Waals surface area contributed by atoms with Gasteiger partial charge >= 0.3 is 0 Å². The predicted octanol–water partition coefficient (Wildman–Crippen LogP) is 2.98. The van der Waals surface area contributed by atoms with E-state index >= 15 is 0 Å². The van der Waals surface area contributed by atoms with Crippen molar-refractivity contribution in [1.29, 1.82) is 0 Å². The van der Waals surface area contributed by atoms with Crippen molar-refractivity contribution in [2.24, 2.45) is 10.9 Å². The molecular formula is C12H18N2OS. The van der Waals surface area contributed by atoms with E-state index < -0.39 is 0 Å². The Morgan fingerprint density at radius 1 is 1.50 bits per heavy atom. The van der Waals surface area contributed by atoms with Gasteiger partial charge in [0.15, 0.2) is 5.84 Å². The zero-order valence-corrected chi connectivity index (χ0v) is 10.5. The minimum Gasteiger partial charge on any atom is -0.409 e. The Labute approximate surface area is 101 Å². The number of oxime groups is 1. The minimum absolute atomic E-state index is 0.160. The SMILES string of the molecule is CCCCSc1ccc(/C(N)=N/O)cc1C. The Hall–Kier alpha value is -1.16. The lowest BCUT2D eigenvalue weighted by Crippen LogP contribution is -2.13. The van der Waals surface area contributed by atoms with Crippen LogP contribution >= 0.6 is 11.8 Å². The van der Waals surface area contributed by atoms with Crippen LogP contribution in [0.3, 0.4) is 0 Å². The number of nitrogens with zero attached hydrogens (tertiary/aromatic N) is 1. The van der Waals surface area contributed by atoms with E-state index in [2.05, 4.69) is 12.1 Å². The maximum Gasteiger partial charge on any atom is 0.170 e. The van der Waals surface area contributed by atoms with E-state index in [-0.39, 0.29) is 5.84 Å². The molecule has 0 aliphatic heterocycles. The molecular weight excluding hydrogens is 220 g/mol. The fourth-order valence-electron chi connectivity index (χ4n) is 1.35. The standard InChI is InChI=1S/C12H18N2OS/c1-3-4-7-16-11-6-5-10(8-9(11)2)12(13)14-15/h5-6,8,15H,3-4,7H2,1-2H3,(H2,13,14). The van der Waals surface area contributed by atoms with E-state index in [1.54, 1.807) is 0 Å². The van der Waals surface area contributed by atoms with E-state index in [1.165, 1.54) is 23.3 Å². The summed E-state index contributed by atoms with van der Waals surface area (Å²) in [6.07, 6.45) is 2.44. The second kappa shape index (κ2) is 6.43. The lowest BCUT2D eigenvalue weighted by atomic mass is 10.1. The smallest absolute Gasteiger partial charge is 0.170 e. The molecule has 0 bridgehead atoms. The predicted molar refractivity (Wildman–Crippen MR) is 69.3 cm³/mol. The third kappa shape index (κ3) is 3.45. The molecule has 0 aliphatic rings. The summed E-state index contributed by atoms with van der Waals surface area (Å²) in [5, 5.41) is 11.6. The van der Waals surface area contributed by atoms with Crippen molar-refractivity contribution < 1.29 is 5.21 Å². The van der Waals surface area contributed by atoms with Gasteiger partial charge in [-0.1, -0.05) is 24.6 Å². The molecule has 0 unspecified atom stereocenters. The van der Waals surface area contributed by atoms with Crippen LogP contribution < -0.4 is 5.73 Å². The molecule has 0 spiro atoms. The first-order chi connectivity index (χ1) is 7.69. The van der Waals surface area contributed by atoms with Gasteiger partial charge in [-0.15, -0.1) is 11.8 Å². The number of benzene rings is 1. The highest BCUT2D eigenvalue weighted by atomic mass is 32.2. The Morgan fingerprint density at radius 3 is 2.81 bits per heavy atom. The van der Waals surface area contributed by atoms with Gasteiger partial charge in [-0.25, -0.2) is 0 Å². The van der Waals surface area contributed by atoms with Crippen LogP contribution in [0.15, 0.2) is 28.3 Å². The molecule has 0 heterocycles. The molecule has 0 aromatic heterocycles. The number of hydrogen-bond donors (Lipinski definition) is 2. The van der Waals surface area contributed by atoms with Crippen molar-refractivity contribution in [2.45, 2.75) is 31.6 Å². The van der Waals surface area contributed by atoms with Gasteiger partial charge in [-0.3, -0.25) is 0 Å². The fraction of sp³-hybridized carbons (Fsp3) is 0.417. The number of hydrogen-bond acceptors (Lipinski definition) is 3. The van der Waals surface area contributed by atoms with E-state index in [0.29, 0.717) is 0 Å². The largest absolute Gasteiger partial charge is 0.409 e. The number of rotatable bonds is 5. The van der Waals surface area contributed by atoms with Crippen LogP contribution in [-0.2, 0) is 0 Å². The van der Waals surface area contributed by atoms with Crippen LogP contribution in [0.2, 0.25) is 0 Å². The van der Waals surface area contributed by atoms with Crippen LogP contribution in [0.5, 0.6) is 0 Å². The Balaban J connectivity index is 2.75. The van der Waals surface area contributed by atoms with E-state index in [4.69, 9.17) is 10.9 Å². The number of aryl methyl sites for hydroxylation is 1. The zero-order valence-electron chi connectivity index (χ0n) is 9.73. The quantitative estimate of drug-likeness (QED) is 0.207. The van der Waals surface area contributed by atoms with Gasteiger partial charge in [0.05, 0.1) is 0 Å². The molecule has 0 amide bonds. The molecule has 1 aromatic carbocycles. The lowest BCUT2D eigenvalue weighted by Gasteiger charge is -2.07. The minimum atomic E-state index is 0.160. The summed E-state index contributed by atoms with van der Waals surface area (Å²) in [7, 11) is 0. The van der Waals surface area contributed by atoms with Crippen molar-refractivity contribution in [3.8, 4) is 0 Å². The molecule has 0 atom stereocenters. The summed E-state index contributed by atoms with van der Waals surface area (Å²) < 4.78 is 0. The number of thioether (sulfide) groups is 1. The molecule has 0 saturated carbocycles. The number of unbranched alkanes of at least 4 members (excludes halogenated alkanes) is 1. The van der Waals surface area contributed by atoms with Crippen molar-refractivity contribution in [1.82, 2.24) is 0 Å². The van der Waals surface area contributed by atoms with Gasteiger partial charge in [0.1, 0.15) is 0 Å². The number of nitrogens with two attached hydrogens (primary N) is 1. The molecule has 1 rings (SSSR count). The van der Waals surface area contributed by atoms with E-state index in [1.807, 2.05) is 36.9 Å². The van der Waals surface area contributed by atoms with Gasteiger partial charge in [0.2, 0.25) is 0 Å². The van der Waals surface area contributed by atoms with Crippen LogP contribution in [0, 0.1) is 6.92 Å². The fourth-order valence-corrected chi connectivity index (χ4v) is 2.46. The summed E-state index contributed by atoms with van der Waals surface area (Å²) >= 11 is 1.86. The Kier molecular flexibility index (Phi) is 5.19. The molecule has 3 nitrogen and oxygen atoms in total. The van der Waals surface area contributed by atoms with E-state index in [9.17, 15) is 0 Å². The van der Waals surface area contributed by atoms with Crippen molar-refractivity contribution in [3.05, 3.63) is 29.3 Å². The van der Waals surface area contributed by atoms with Crippen molar-refractivity contribution in [3.63, 3.8) is 0 Å². The third-order valence-electron chi connectivity index (χ3n) is 2.33. The molecule has 88 valence electrons. The first-order valence-corrected chi connectivity index (χ1v) is 6.39. The summed E-state index contributed by atoms with van der Waals surface area (Å²) in [5.74, 6) is 1.30. The molecule has 1 aromatic rings. The Bertz CT molecular complexity index is 377. The maximum atomic E-state index is 8.58. The van der Waals surface area contributed by atoms with Gasteiger partial charge in [-0.2, -0.15) is 0 Å². The van der Waals surface area contributed by atoms with Gasteiger partial charge in [0, 0.05) is 10.5 Å². The monoisotopic (exact) mass is 238 g/mol. The first kappa shape index (κ1) is 12.9. The Morgan fingerprint density at radius 2 is 2.25 bits per heavy atom. The molecule has 3 N–H and O–H groups in total. The lowest BCUT2D eigenvalue weighted by molar-refractivity contribution is 0.318. The highest BCUT2D eigenvalue weighted by Gasteiger charge is 2.03. The average molecular weight is 238 g/mol. The van der Waals surface area contributed by atoms with Crippen LogP contribution in [0.4, 0.5) is 0 Å². The summed E-state index contributed by atoms with van der Waals surface area (Å²) in [4.78, 5) is 1.27. The van der Waals surface area contributed by atoms with Gasteiger partial charge in [0.25, 0.3) is 0 Å². The molecule has 4 heteroatoms. The van der Waals surface area contributed by atoms with Crippen molar-refractivity contribution >= 4 is 17.6 Å². The zero-order chi connectivity index (χ0) is 12.0. The highest BCUT2D eigenvalue weighted by molar-refractivity contribution is 7.99.